The molecular formula is C47H54Cl2F3IN4O6. The smallest absolute Gasteiger partial charge is 0.487 e. The summed E-state index contributed by atoms with van der Waals surface area (Å²) in [5.41, 5.74) is 5.31. The average Bonchev–Trinajstić information content (AvgIpc) is 3.60. The molecule has 16 heteroatoms. The molecule has 4 aromatic rings. The number of carbonyl (C=O) groups is 2. The first kappa shape index (κ1) is 48.5. The van der Waals surface area contributed by atoms with Gasteiger partial charge in [0.1, 0.15) is 11.9 Å². The van der Waals surface area contributed by atoms with Gasteiger partial charge >= 0.3 is 12.3 Å². The summed E-state index contributed by atoms with van der Waals surface area (Å²) in [6.45, 7) is 9.65. The zero-order chi connectivity index (χ0) is 45.3. The maximum atomic E-state index is 13.4. The average molecular weight is 1030 g/mol. The Kier molecular flexibility index (Phi) is 17.2. The molecule has 10 nitrogen and oxygen atoms in total. The molecule has 3 aliphatic heterocycles. The van der Waals surface area contributed by atoms with Crippen LogP contribution in [0.3, 0.4) is 0 Å². The highest BCUT2D eigenvalue weighted by Crippen LogP contribution is 2.40. The first-order valence-electron chi connectivity index (χ1n) is 21.2. The molecule has 3 heterocycles. The molecule has 340 valence electrons. The summed E-state index contributed by atoms with van der Waals surface area (Å²) in [5.74, 6) is -0.738. The van der Waals surface area contributed by atoms with Crippen LogP contribution in [0.1, 0.15) is 61.3 Å². The molecule has 4 aliphatic rings. The predicted octanol–water partition coefficient (Wildman–Crippen LogP) is 10.1. The highest BCUT2D eigenvalue weighted by atomic mass is 127. The number of halogens is 6. The molecule has 0 spiro atoms. The Morgan fingerprint density at radius 3 is 1.78 bits per heavy atom. The number of hydrogen-bond donors (Lipinski definition) is 3. The maximum Gasteiger partial charge on any atom is 0.573 e. The van der Waals surface area contributed by atoms with Gasteiger partial charge in [-0.3, -0.25) is 9.59 Å². The van der Waals surface area contributed by atoms with Gasteiger partial charge in [0, 0.05) is 47.7 Å². The zero-order valence-electron chi connectivity index (χ0n) is 35.3. The van der Waals surface area contributed by atoms with E-state index < -0.39 is 24.5 Å². The Morgan fingerprint density at radius 1 is 0.794 bits per heavy atom. The van der Waals surface area contributed by atoms with E-state index in [1.165, 1.54) is 23.3 Å². The van der Waals surface area contributed by atoms with Gasteiger partial charge in [0.25, 0.3) is 0 Å². The van der Waals surface area contributed by atoms with Crippen LogP contribution >= 0.6 is 45.8 Å². The van der Waals surface area contributed by atoms with Gasteiger partial charge in [-0.2, -0.15) is 0 Å². The molecule has 0 aromatic heterocycles. The van der Waals surface area contributed by atoms with Crippen molar-refractivity contribution >= 4 is 69.0 Å². The predicted molar refractivity (Wildman–Crippen MR) is 249 cm³/mol. The van der Waals surface area contributed by atoms with Crippen molar-refractivity contribution in [2.24, 2.45) is 11.8 Å². The van der Waals surface area contributed by atoms with E-state index in [-0.39, 0.29) is 29.6 Å². The summed E-state index contributed by atoms with van der Waals surface area (Å²) in [7, 11) is 0. The van der Waals surface area contributed by atoms with E-state index in [1.807, 2.05) is 29.5 Å². The number of carboxylic acid groups (broad SMARTS) is 1. The van der Waals surface area contributed by atoms with E-state index >= 15 is 0 Å². The molecule has 1 amide bonds. The Morgan fingerprint density at radius 2 is 1.30 bits per heavy atom. The topological polar surface area (TPSA) is 115 Å². The summed E-state index contributed by atoms with van der Waals surface area (Å²) >= 11 is 15.0. The van der Waals surface area contributed by atoms with Crippen LogP contribution in [0, 0.1) is 29.3 Å². The lowest BCUT2D eigenvalue weighted by molar-refractivity contribution is -0.274. The lowest BCUT2D eigenvalue weighted by atomic mass is 9.99. The molecule has 2 unspecified atom stereocenters. The number of benzene rings is 4. The normalized spacial score (nSPS) is 19.6. The van der Waals surface area contributed by atoms with Crippen molar-refractivity contribution < 1.29 is 42.4 Å². The minimum absolute atomic E-state index is 0.0151. The Balaban J connectivity index is 0.000000199. The van der Waals surface area contributed by atoms with Crippen molar-refractivity contribution in [2.45, 2.75) is 77.0 Å². The van der Waals surface area contributed by atoms with Crippen LogP contribution in [0.2, 0.25) is 10.0 Å². The molecular weight excluding hydrogens is 971 g/mol. The highest BCUT2D eigenvalue weighted by Gasteiger charge is 2.34. The van der Waals surface area contributed by atoms with Gasteiger partial charge in [-0.05, 0) is 154 Å². The van der Waals surface area contributed by atoms with Gasteiger partial charge in [-0.1, -0.05) is 58.6 Å². The number of alkyl halides is 3. The van der Waals surface area contributed by atoms with E-state index in [4.69, 9.17) is 33.0 Å². The number of amides is 1. The van der Waals surface area contributed by atoms with Crippen molar-refractivity contribution in [3.05, 3.63) is 115 Å². The quantitative estimate of drug-likeness (QED) is 0.119. The highest BCUT2D eigenvalue weighted by molar-refractivity contribution is 14.1. The summed E-state index contributed by atoms with van der Waals surface area (Å²) in [6.07, 6.45) is 0.448. The molecule has 4 aromatic carbocycles. The number of hydrogen-bond acceptors (Lipinski definition) is 8. The number of likely N-dealkylation sites (tertiary alicyclic amines) is 1. The number of carbonyl (C=O) groups excluding carboxylic acids is 1. The summed E-state index contributed by atoms with van der Waals surface area (Å²) in [6, 6.07) is 25.2. The SMILES string of the molecule is Cc1ccc(N2CCC(C(=O)N[C@H](CN3CCCC3)[C@H](O)c3cc(Cl)c(OC4CC4)c(Cl)c3)C2)cc1.Cc1ccc(N2CCC(C(=O)O)C2)cc1.FC(F)(F)Oc1ccc(I)cc1. The number of aliphatic carboxylic acids is 1. The second-order valence-corrected chi connectivity index (χ2v) is 18.6. The van der Waals surface area contributed by atoms with E-state index in [2.05, 4.69) is 80.2 Å². The number of nitrogens with zero attached hydrogens (tertiary/aromatic N) is 3. The summed E-state index contributed by atoms with van der Waals surface area (Å²) < 4.78 is 45.2. The van der Waals surface area contributed by atoms with Gasteiger partial charge < -0.3 is 39.7 Å². The van der Waals surface area contributed by atoms with Crippen molar-refractivity contribution in [3.63, 3.8) is 0 Å². The van der Waals surface area contributed by atoms with E-state index in [9.17, 15) is 27.9 Å². The number of aliphatic hydroxyl groups is 1. The molecule has 63 heavy (non-hydrogen) atoms. The standard InChI is InChI=1S/C28H35Cl2N3O3.C12H15NO2.C7H4F3IO/c1-18-4-6-21(7-5-18)33-13-10-19(16-33)28(35)31-25(17-32-11-2-3-12-32)26(34)20-14-23(29)27(24(30)15-20)36-22-8-9-22;1-9-2-4-11(5-3-9)13-7-6-10(8-13)12(14)15;8-7(9,10)12-6-3-1-5(11)2-4-6/h4-7,14-15,19,22,25-26,34H,2-3,8-13,16-17H2,1H3,(H,31,35);2-5,10H,6-8H2,1H3,(H,14,15);1-4H/t19?,25-,26-;;/m1../s1. The zero-order valence-corrected chi connectivity index (χ0v) is 39.0. The lowest BCUT2D eigenvalue weighted by Gasteiger charge is -2.30. The van der Waals surface area contributed by atoms with E-state index in [0.29, 0.717) is 41.0 Å². The van der Waals surface area contributed by atoms with Crippen LogP contribution in [0.4, 0.5) is 24.5 Å². The van der Waals surface area contributed by atoms with Crippen LogP contribution in [0.25, 0.3) is 0 Å². The molecule has 3 N–H and O–H groups in total. The fraction of sp³-hybridized carbons (Fsp3) is 0.447. The molecule has 8 rings (SSSR count). The molecule has 1 saturated carbocycles. The van der Waals surface area contributed by atoms with Crippen molar-refractivity contribution in [3.8, 4) is 11.5 Å². The third-order valence-corrected chi connectivity index (χ3v) is 12.8. The minimum atomic E-state index is -4.60. The molecule has 4 fully saturated rings. The second-order valence-electron chi connectivity index (χ2n) is 16.6. The minimum Gasteiger partial charge on any atom is -0.487 e. The van der Waals surface area contributed by atoms with Crippen LogP contribution in [-0.2, 0) is 9.59 Å². The molecule has 0 radical (unpaired) electrons. The van der Waals surface area contributed by atoms with Crippen molar-refractivity contribution in [1.82, 2.24) is 10.2 Å². The fourth-order valence-corrected chi connectivity index (χ4v) is 8.72. The Hall–Kier alpha value is -3.96. The number of carboxylic acids is 1. The second kappa shape index (κ2) is 22.3. The van der Waals surface area contributed by atoms with Crippen molar-refractivity contribution in [2.75, 3.05) is 55.6 Å². The van der Waals surface area contributed by atoms with Gasteiger partial charge in [0.05, 0.1) is 34.0 Å². The Bertz CT molecular complexity index is 2100. The van der Waals surface area contributed by atoms with Crippen LogP contribution in [-0.4, -0.2) is 91.3 Å². The van der Waals surface area contributed by atoms with Gasteiger partial charge in [0.2, 0.25) is 5.91 Å². The third kappa shape index (κ3) is 14.8. The van der Waals surface area contributed by atoms with E-state index in [0.717, 1.165) is 79.6 Å². The first-order chi connectivity index (χ1) is 30.0. The first-order valence-corrected chi connectivity index (χ1v) is 23.1. The summed E-state index contributed by atoms with van der Waals surface area (Å²) in [4.78, 5) is 30.9. The number of anilines is 2. The van der Waals surface area contributed by atoms with Gasteiger partial charge in [-0.15, -0.1) is 13.2 Å². The van der Waals surface area contributed by atoms with Crippen molar-refractivity contribution in [1.29, 1.82) is 0 Å². The molecule has 4 atom stereocenters. The number of rotatable bonds is 12. The lowest BCUT2D eigenvalue weighted by Crippen LogP contribution is -2.48. The van der Waals surface area contributed by atoms with Crippen LogP contribution < -0.4 is 24.6 Å². The number of aryl methyl sites for hydroxylation is 2. The summed E-state index contributed by atoms with van der Waals surface area (Å²) in [5, 5.41) is 24.3. The van der Waals surface area contributed by atoms with Crippen LogP contribution in [0.15, 0.2) is 84.9 Å². The maximum absolute atomic E-state index is 13.4. The molecule has 3 saturated heterocycles. The van der Waals surface area contributed by atoms with Gasteiger partial charge in [0.15, 0.2) is 5.75 Å². The third-order valence-electron chi connectivity index (χ3n) is 11.5. The largest absolute Gasteiger partial charge is 0.573 e. The van der Waals surface area contributed by atoms with Crippen LogP contribution in [0.5, 0.6) is 11.5 Å². The Labute approximate surface area is 390 Å². The number of nitrogens with one attached hydrogen (secondary N) is 1. The monoisotopic (exact) mass is 1020 g/mol. The van der Waals surface area contributed by atoms with Gasteiger partial charge in [-0.25, -0.2) is 0 Å². The fourth-order valence-electron chi connectivity index (χ4n) is 7.77. The number of ether oxygens (including phenoxy) is 2. The molecule has 1 aliphatic carbocycles. The molecule has 0 bridgehead atoms. The number of aliphatic hydroxyl groups excluding tert-OH is 1. The van der Waals surface area contributed by atoms with E-state index in [1.54, 1.807) is 24.3 Å².